The summed E-state index contributed by atoms with van der Waals surface area (Å²) >= 11 is 0. The molecule has 1 amide bonds. The molecule has 1 heterocycles. The lowest BCUT2D eigenvalue weighted by Crippen LogP contribution is -2.52. The third-order valence-corrected chi connectivity index (χ3v) is 6.47. The van der Waals surface area contributed by atoms with Crippen LogP contribution in [0.2, 0.25) is 0 Å². The number of amides is 1. The number of ether oxygens (including phenoxy) is 1. The van der Waals surface area contributed by atoms with Crippen LogP contribution in [0.4, 0.5) is 0 Å². The highest BCUT2D eigenvalue weighted by Crippen LogP contribution is 2.32. The molecule has 1 aromatic rings. The molecule has 0 spiro atoms. The van der Waals surface area contributed by atoms with Crippen LogP contribution in [0, 0.1) is 13.8 Å². The second-order valence-electron chi connectivity index (χ2n) is 6.24. The number of carbonyl (C=O) groups excluding carboxylic acids is 1. The summed E-state index contributed by atoms with van der Waals surface area (Å²) in [6.45, 7) is 4.49. The first-order valence-corrected chi connectivity index (χ1v) is 9.23. The molecule has 23 heavy (non-hydrogen) atoms. The SMILES string of the molecule is COc1cc(C)c(C)cc1S(=O)(=O)N1CCN(C2CC2)C(=O)C1. The highest BCUT2D eigenvalue weighted by Gasteiger charge is 2.39. The second kappa shape index (κ2) is 5.79. The lowest BCUT2D eigenvalue weighted by atomic mass is 10.1. The van der Waals surface area contributed by atoms with Gasteiger partial charge in [0.15, 0.2) is 0 Å². The van der Waals surface area contributed by atoms with Crippen molar-refractivity contribution in [3.05, 3.63) is 23.3 Å². The van der Waals surface area contributed by atoms with Gasteiger partial charge >= 0.3 is 0 Å². The molecule has 1 aliphatic carbocycles. The van der Waals surface area contributed by atoms with Crippen molar-refractivity contribution in [2.75, 3.05) is 26.7 Å². The zero-order chi connectivity index (χ0) is 16.8. The van der Waals surface area contributed by atoms with Gasteiger partial charge in [0.1, 0.15) is 10.6 Å². The molecule has 0 atom stereocenters. The first-order chi connectivity index (χ1) is 10.8. The molecule has 1 aromatic carbocycles. The van der Waals surface area contributed by atoms with Crippen LogP contribution < -0.4 is 4.74 Å². The van der Waals surface area contributed by atoms with Gasteiger partial charge in [0.2, 0.25) is 15.9 Å². The van der Waals surface area contributed by atoms with E-state index in [4.69, 9.17) is 4.74 Å². The number of carbonyl (C=O) groups is 1. The van der Waals surface area contributed by atoms with E-state index in [-0.39, 0.29) is 17.3 Å². The number of aryl methyl sites for hydroxylation is 2. The summed E-state index contributed by atoms with van der Waals surface area (Å²) in [5.41, 5.74) is 1.85. The molecular formula is C16H22N2O4S. The number of benzene rings is 1. The van der Waals surface area contributed by atoms with Crippen LogP contribution >= 0.6 is 0 Å². The molecule has 2 fully saturated rings. The lowest BCUT2D eigenvalue weighted by Gasteiger charge is -2.34. The first-order valence-electron chi connectivity index (χ1n) is 7.79. The number of nitrogens with zero attached hydrogens (tertiary/aromatic N) is 2. The molecule has 0 bridgehead atoms. The Morgan fingerprint density at radius 3 is 2.35 bits per heavy atom. The standard InChI is InChI=1S/C16H22N2O4S/c1-11-8-14(22-3)15(9-12(11)2)23(20,21)17-6-7-18(13-4-5-13)16(19)10-17/h8-9,13H,4-7,10H2,1-3H3. The maximum Gasteiger partial charge on any atom is 0.247 e. The van der Waals surface area contributed by atoms with Crippen molar-refractivity contribution in [2.24, 2.45) is 0 Å². The summed E-state index contributed by atoms with van der Waals surface area (Å²) in [6, 6.07) is 3.68. The molecule has 6 nitrogen and oxygen atoms in total. The summed E-state index contributed by atoms with van der Waals surface area (Å²) in [5.74, 6) is 0.218. The van der Waals surface area contributed by atoms with Gasteiger partial charge in [-0.05, 0) is 49.9 Å². The van der Waals surface area contributed by atoms with E-state index >= 15 is 0 Å². The minimum atomic E-state index is -3.74. The minimum absolute atomic E-state index is 0.0884. The Morgan fingerprint density at radius 2 is 1.78 bits per heavy atom. The Hall–Kier alpha value is -1.60. The molecule has 1 saturated carbocycles. The van der Waals surface area contributed by atoms with Crippen molar-refractivity contribution in [1.82, 2.24) is 9.21 Å². The predicted molar refractivity (Wildman–Crippen MR) is 86.0 cm³/mol. The van der Waals surface area contributed by atoms with E-state index in [1.165, 1.54) is 11.4 Å². The van der Waals surface area contributed by atoms with Crippen molar-refractivity contribution in [1.29, 1.82) is 0 Å². The Kier molecular flexibility index (Phi) is 4.10. The summed E-state index contributed by atoms with van der Waals surface area (Å²) in [7, 11) is -2.29. The summed E-state index contributed by atoms with van der Waals surface area (Å²) in [4.78, 5) is 14.2. The van der Waals surface area contributed by atoms with Crippen LogP contribution in [0.3, 0.4) is 0 Å². The van der Waals surface area contributed by atoms with Gasteiger partial charge in [0.05, 0.1) is 13.7 Å². The number of rotatable bonds is 4. The van der Waals surface area contributed by atoms with E-state index < -0.39 is 10.0 Å². The van der Waals surface area contributed by atoms with E-state index in [2.05, 4.69) is 0 Å². The number of hydrogen-bond donors (Lipinski definition) is 0. The number of hydrogen-bond acceptors (Lipinski definition) is 4. The predicted octanol–water partition coefficient (Wildman–Crippen LogP) is 1.31. The van der Waals surface area contributed by atoms with Crippen LogP contribution in [-0.4, -0.2) is 56.3 Å². The average molecular weight is 338 g/mol. The van der Waals surface area contributed by atoms with Gasteiger partial charge in [-0.25, -0.2) is 8.42 Å². The highest BCUT2D eigenvalue weighted by molar-refractivity contribution is 7.89. The fourth-order valence-electron chi connectivity index (χ4n) is 2.91. The van der Waals surface area contributed by atoms with E-state index in [9.17, 15) is 13.2 Å². The van der Waals surface area contributed by atoms with Crippen molar-refractivity contribution < 1.29 is 17.9 Å². The maximum atomic E-state index is 12.9. The molecule has 1 saturated heterocycles. The summed E-state index contributed by atoms with van der Waals surface area (Å²) in [5, 5.41) is 0. The first kappa shape index (κ1) is 16.3. The third-order valence-electron chi connectivity index (χ3n) is 4.61. The smallest absolute Gasteiger partial charge is 0.247 e. The molecule has 0 radical (unpaired) electrons. The van der Waals surface area contributed by atoms with Crippen LogP contribution in [0.15, 0.2) is 17.0 Å². The molecule has 0 N–H and O–H groups in total. The van der Waals surface area contributed by atoms with Gasteiger partial charge in [-0.3, -0.25) is 4.79 Å². The minimum Gasteiger partial charge on any atom is -0.495 e. The van der Waals surface area contributed by atoms with Crippen LogP contribution in [0.1, 0.15) is 24.0 Å². The van der Waals surface area contributed by atoms with E-state index in [0.29, 0.717) is 24.9 Å². The molecular weight excluding hydrogens is 316 g/mol. The number of sulfonamides is 1. The van der Waals surface area contributed by atoms with Crippen LogP contribution in [-0.2, 0) is 14.8 Å². The molecule has 7 heteroatoms. The normalized spacial score (nSPS) is 20.0. The van der Waals surface area contributed by atoms with Gasteiger partial charge in [-0.15, -0.1) is 0 Å². The van der Waals surface area contributed by atoms with Gasteiger partial charge in [0.25, 0.3) is 0 Å². The molecule has 0 aromatic heterocycles. The quantitative estimate of drug-likeness (QED) is 0.830. The summed E-state index contributed by atoms with van der Waals surface area (Å²) in [6.07, 6.45) is 2.06. The lowest BCUT2D eigenvalue weighted by molar-refractivity contribution is -0.134. The zero-order valence-corrected chi connectivity index (χ0v) is 14.5. The molecule has 2 aliphatic rings. The van der Waals surface area contributed by atoms with Crippen molar-refractivity contribution in [3.8, 4) is 5.75 Å². The maximum absolute atomic E-state index is 12.9. The van der Waals surface area contributed by atoms with E-state index in [1.54, 1.807) is 12.1 Å². The van der Waals surface area contributed by atoms with Gasteiger partial charge in [-0.2, -0.15) is 4.31 Å². The van der Waals surface area contributed by atoms with Crippen LogP contribution in [0.5, 0.6) is 5.75 Å². The molecule has 3 rings (SSSR count). The second-order valence-corrected chi connectivity index (χ2v) is 8.15. The highest BCUT2D eigenvalue weighted by atomic mass is 32.2. The Balaban J connectivity index is 1.90. The van der Waals surface area contributed by atoms with Crippen LogP contribution in [0.25, 0.3) is 0 Å². The number of methoxy groups -OCH3 is 1. The zero-order valence-electron chi connectivity index (χ0n) is 13.7. The molecule has 0 unspecified atom stereocenters. The Labute approximate surface area is 137 Å². The molecule has 1 aliphatic heterocycles. The monoisotopic (exact) mass is 338 g/mol. The number of piperazine rings is 1. The average Bonchev–Trinajstić information content (AvgIpc) is 3.34. The van der Waals surface area contributed by atoms with E-state index in [0.717, 1.165) is 24.0 Å². The fraction of sp³-hybridized carbons (Fsp3) is 0.562. The third kappa shape index (κ3) is 2.95. The fourth-order valence-corrected chi connectivity index (χ4v) is 4.51. The van der Waals surface area contributed by atoms with Crippen molar-refractivity contribution in [2.45, 2.75) is 37.6 Å². The van der Waals surface area contributed by atoms with Crippen molar-refractivity contribution in [3.63, 3.8) is 0 Å². The Morgan fingerprint density at radius 1 is 1.13 bits per heavy atom. The van der Waals surface area contributed by atoms with Crippen molar-refractivity contribution >= 4 is 15.9 Å². The largest absolute Gasteiger partial charge is 0.495 e. The van der Waals surface area contributed by atoms with Gasteiger partial charge in [-0.1, -0.05) is 0 Å². The molecule has 126 valence electrons. The Bertz CT molecular complexity index is 741. The van der Waals surface area contributed by atoms with Gasteiger partial charge < -0.3 is 9.64 Å². The summed E-state index contributed by atoms with van der Waals surface area (Å²) < 4.78 is 32.4. The van der Waals surface area contributed by atoms with E-state index in [1.807, 2.05) is 18.7 Å². The van der Waals surface area contributed by atoms with Gasteiger partial charge in [0, 0.05) is 19.1 Å². The topological polar surface area (TPSA) is 66.9 Å².